The van der Waals surface area contributed by atoms with Gasteiger partial charge in [-0.05, 0) is 31.8 Å². The number of hydrogen-bond acceptors (Lipinski definition) is 3. The summed E-state index contributed by atoms with van der Waals surface area (Å²) in [5.41, 5.74) is -1.49. The van der Waals surface area contributed by atoms with Crippen molar-refractivity contribution in [2.45, 2.75) is 19.4 Å². The maximum absolute atomic E-state index is 13.0. The first-order chi connectivity index (χ1) is 7.66. The number of hydrogen-bond donors (Lipinski definition) is 2. The van der Waals surface area contributed by atoms with Gasteiger partial charge in [-0.3, -0.25) is 14.3 Å². The third-order valence-corrected chi connectivity index (χ3v) is 2.88. The van der Waals surface area contributed by atoms with Crippen LogP contribution in [0.25, 0.3) is 0 Å². The van der Waals surface area contributed by atoms with E-state index in [0.717, 1.165) is 32.1 Å². The predicted molar refractivity (Wildman–Crippen MR) is 56.9 cm³/mol. The number of nitrogens with zero attached hydrogens (tertiary/aromatic N) is 1. The van der Waals surface area contributed by atoms with Crippen LogP contribution in [-0.2, 0) is 6.54 Å². The highest BCUT2D eigenvalue weighted by molar-refractivity contribution is 4.87. The van der Waals surface area contributed by atoms with E-state index in [1.807, 2.05) is 4.98 Å². The zero-order valence-corrected chi connectivity index (χ0v) is 8.83. The molecule has 1 fully saturated rings. The fourth-order valence-electron chi connectivity index (χ4n) is 1.96. The molecular weight excluding hydrogens is 213 g/mol. The second-order valence-electron chi connectivity index (χ2n) is 4.08. The van der Waals surface area contributed by atoms with Gasteiger partial charge in [0.25, 0.3) is 5.56 Å². The van der Waals surface area contributed by atoms with Crippen LogP contribution in [0.5, 0.6) is 0 Å². The summed E-state index contributed by atoms with van der Waals surface area (Å²) in [7, 11) is 0. The monoisotopic (exact) mass is 227 g/mol. The summed E-state index contributed by atoms with van der Waals surface area (Å²) < 4.78 is 14.2. The summed E-state index contributed by atoms with van der Waals surface area (Å²) in [6.07, 6.45) is 2.92. The van der Waals surface area contributed by atoms with E-state index < -0.39 is 17.1 Å². The van der Waals surface area contributed by atoms with Crippen LogP contribution < -0.4 is 16.6 Å². The summed E-state index contributed by atoms with van der Waals surface area (Å²) in [5.74, 6) is -0.544. The highest BCUT2D eigenvalue weighted by Crippen LogP contribution is 2.12. The van der Waals surface area contributed by atoms with Crippen molar-refractivity contribution in [1.82, 2.24) is 14.9 Å². The molecule has 6 heteroatoms. The Labute approximate surface area is 91.3 Å². The van der Waals surface area contributed by atoms with Crippen LogP contribution >= 0.6 is 0 Å². The lowest BCUT2D eigenvalue weighted by atomic mass is 9.98. The van der Waals surface area contributed by atoms with Crippen LogP contribution in [0.1, 0.15) is 12.8 Å². The topological polar surface area (TPSA) is 66.9 Å². The Morgan fingerprint density at radius 3 is 2.75 bits per heavy atom. The van der Waals surface area contributed by atoms with Crippen molar-refractivity contribution in [3.63, 3.8) is 0 Å². The molecule has 0 spiro atoms. The van der Waals surface area contributed by atoms with Crippen molar-refractivity contribution in [3.8, 4) is 0 Å². The minimum atomic E-state index is -0.952. The number of H-pyrrole nitrogens is 1. The maximum atomic E-state index is 13.0. The largest absolute Gasteiger partial charge is 0.328 e. The molecule has 1 aliphatic heterocycles. The lowest BCUT2D eigenvalue weighted by Gasteiger charge is -2.22. The van der Waals surface area contributed by atoms with E-state index >= 15 is 0 Å². The third-order valence-electron chi connectivity index (χ3n) is 2.88. The molecule has 16 heavy (non-hydrogen) atoms. The quantitative estimate of drug-likeness (QED) is 0.727. The van der Waals surface area contributed by atoms with Gasteiger partial charge < -0.3 is 5.32 Å². The second-order valence-corrected chi connectivity index (χ2v) is 4.08. The summed E-state index contributed by atoms with van der Waals surface area (Å²) in [4.78, 5) is 24.2. The maximum Gasteiger partial charge on any atom is 0.328 e. The molecule has 1 aromatic heterocycles. The molecule has 2 heterocycles. The zero-order valence-electron chi connectivity index (χ0n) is 8.83. The molecular formula is C10H14FN3O2. The van der Waals surface area contributed by atoms with Gasteiger partial charge in [-0.25, -0.2) is 4.79 Å². The first-order valence-corrected chi connectivity index (χ1v) is 5.37. The van der Waals surface area contributed by atoms with Crippen molar-refractivity contribution in [1.29, 1.82) is 0 Å². The molecule has 2 N–H and O–H groups in total. The predicted octanol–water partition coefficient (Wildman–Crippen LogP) is -0.325. The van der Waals surface area contributed by atoms with Gasteiger partial charge in [-0.1, -0.05) is 0 Å². The zero-order chi connectivity index (χ0) is 11.5. The van der Waals surface area contributed by atoms with E-state index in [4.69, 9.17) is 0 Å². The standard InChI is InChI=1S/C10H14FN3O2/c11-8-6-14(10(16)13-9(8)15)5-7-1-3-12-4-2-7/h6-7,12H,1-5H2,(H,13,15,16). The Morgan fingerprint density at radius 2 is 2.06 bits per heavy atom. The van der Waals surface area contributed by atoms with Crippen LogP contribution in [0.15, 0.2) is 15.8 Å². The summed E-state index contributed by atoms with van der Waals surface area (Å²) in [6.45, 7) is 2.31. The molecule has 88 valence electrons. The normalized spacial score (nSPS) is 17.6. The van der Waals surface area contributed by atoms with Gasteiger partial charge in [0.2, 0.25) is 5.82 Å². The van der Waals surface area contributed by atoms with Crippen LogP contribution in [0.4, 0.5) is 4.39 Å². The van der Waals surface area contributed by atoms with E-state index in [1.54, 1.807) is 0 Å². The molecule has 1 aliphatic rings. The average molecular weight is 227 g/mol. The molecule has 0 atom stereocenters. The Morgan fingerprint density at radius 1 is 1.38 bits per heavy atom. The lowest BCUT2D eigenvalue weighted by molar-refractivity contribution is 0.325. The third kappa shape index (κ3) is 2.38. The summed E-state index contributed by atoms with van der Waals surface area (Å²) in [5, 5.41) is 3.22. The minimum Gasteiger partial charge on any atom is -0.317 e. The Bertz CT molecular complexity index is 474. The second kappa shape index (κ2) is 4.61. The lowest BCUT2D eigenvalue weighted by Crippen LogP contribution is -2.36. The van der Waals surface area contributed by atoms with Crippen molar-refractivity contribution >= 4 is 0 Å². The highest BCUT2D eigenvalue weighted by Gasteiger charge is 2.14. The number of piperidine rings is 1. The van der Waals surface area contributed by atoms with Gasteiger partial charge in [0.05, 0.1) is 6.20 Å². The van der Waals surface area contributed by atoms with Crippen molar-refractivity contribution in [2.75, 3.05) is 13.1 Å². The first kappa shape index (κ1) is 11.1. The van der Waals surface area contributed by atoms with E-state index in [2.05, 4.69) is 5.32 Å². The smallest absolute Gasteiger partial charge is 0.317 e. The van der Waals surface area contributed by atoms with Crippen molar-refractivity contribution in [2.24, 2.45) is 5.92 Å². The van der Waals surface area contributed by atoms with Gasteiger partial charge in [0.15, 0.2) is 0 Å². The molecule has 0 unspecified atom stereocenters. The summed E-state index contributed by atoms with van der Waals surface area (Å²) in [6, 6.07) is 0. The molecule has 0 saturated carbocycles. The Hall–Kier alpha value is -1.43. The number of nitrogens with one attached hydrogen (secondary N) is 2. The molecule has 0 amide bonds. The molecule has 0 bridgehead atoms. The van der Waals surface area contributed by atoms with Crippen LogP contribution in [0.3, 0.4) is 0 Å². The van der Waals surface area contributed by atoms with Gasteiger partial charge >= 0.3 is 5.69 Å². The Kier molecular flexibility index (Phi) is 3.19. The van der Waals surface area contributed by atoms with Crippen molar-refractivity contribution < 1.29 is 4.39 Å². The SMILES string of the molecule is O=c1[nH]c(=O)n(CC2CCNCC2)cc1F. The molecule has 0 aliphatic carbocycles. The van der Waals surface area contributed by atoms with Crippen LogP contribution in [0.2, 0.25) is 0 Å². The first-order valence-electron chi connectivity index (χ1n) is 5.37. The molecule has 0 radical (unpaired) electrons. The van der Waals surface area contributed by atoms with Crippen LogP contribution in [0, 0.1) is 11.7 Å². The molecule has 1 aromatic rings. The molecule has 5 nitrogen and oxygen atoms in total. The fraction of sp³-hybridized carbons (Fsp3) is 0.600. The molecule has 0 aromatic carbocycles. The molecule has 1 saturated heterocycles. The minimum absolute atomic E-state index is 0.365. The number of aromatic nitrogens is 2. The van der Waals surface area contributed by atoms with E-state index in [9.17, 15) is 14.0 Å². The van der Waals surface area contributed by atoms with Crippen LogP contribution in [-0.4, -0.2) is 22.6 Å². The van der Waals surface area contributed by atoms with Gasteiger partial charge in [0.1, 0.15) is 0 Å². The summed E-state index contributed by atoms with van der Waals surface area (Å²) >= 11 is 0. The van der Waals surface area contributed by atoms with Gasteiger partial charge in [0, 0.05) is 6.54 Å². The Balaban J connectivity index is 2.17. The van der Waals surface area contributed by atoms with E-state index in [1.165, 1.54) is 4.57 Å². The van der Waals surface area contributed by atoms with E-state index in [0.29, 0.717) is 12.5 Å². The number of aromatic amines is 1. The molecule has 2 rings (SSSR count). The average Bonchev–Trinajstić information content (AvgIpc) is 2.27. The van der Waals surface area contributed by atoms with Gasteiger partial charge in [-0.15, -0.1) is 0 Å². The highest BCUT2D eigenvalue weighted by atomic mass is 19.1. The number of halogens is 1. The van der Waals surface area contributed by atoms with Crippen molar-refractivity contribution in [3.05, 3.63) is 32.9 Å². The van der Waals surface area contributed by atoms with E-state index in [-0.39, 0.29) is 0 Å². The van der Waals surface area contributed by atoms with Gasteiger partial charge in [-0.2, -0.15) is 4.39 Å². The number of rotatable bonds is 2. The fourth-order valence-corrected chi connectivity index (χ4v) is 1.96.